The Labute approximate surface area is 91.4 Å². The van der Waals surface area contributed by atoms with Crippen molar-refractivity contribution in [1.82, 2.24) is 0 Å². The van der Waals surface area contributed by atoms with E-state index in [1.54, 1.807) is 12.1 Å². The summed E-state index contributed by atoms with van der Waals surface area (Å²) < 4.78 is 6.18. The first-order valence-electron chi connectivity index (χ1n) is 4.09. The number of carbonyl (C=O) groups excluding carboxylic acids is 1. The highest BCUT2D eigenvalue weighted by Crippen LogP contribution is 2.21. The van der Waals surface area contributed by atoms with Gasteiger partial charge in [-0.05, 0) is 18.2 Å². The molecule has 0 spiro atoms. The van der Waals surface area contributed by atoms with Crippen molar-refractivity contribution in [3.63, 3.8) is 0 Å². The first-order chi connectivity index (χ1) is 6.77. The second-order valence-electron chi connectivity index (χ2n) is 2.60. The molecule has 3 heteroatoms. The highest BCUT2D eigenvalue weighted by molar-refractivity contribution is 9.10. The maximum absolute atomic E-state index is 10.7. The van der Waals surface area contributed by atoms with Crippen molar-refractivity contribution in [3.8, 4) is 18.1 Å². The number of benzene rings is 1. The number of ether oxygens (including phenoxy) is 1. The number of hydrogen-bond acceptors (Lipinski definition) is 2. The molecule has 0 N–H and O–H groups in total. The maximum atomic E-state index is 10.7. The lowest BCUT2D eigenvalue weighted by molar-refractivity contribution is 0.111. The average Bonchev–Trinajstić information content (AvgIpc) is 2.20. The van der Waals surface area contributed by atoms with Crippen LogP contribution in [0.1, 0.15) is 16.8 Å². The van der Waals surface area contributed by atoms with Gasteiger partial charge in [-0.3, -0.25) is 4.79 Å². The number of hydrogen-bond donors (Lipinski definition) is 0. The third-order valence-corrected chi connectivity index (χ3v) is 2.10. The zero-order valence-electron chi connectivity index (χ0n) is 7.50. The van der Waals surface area contributed by atoms with Crippen LogP contribution in [0.3, 0.4) is 0 Å². The van der Waals surface area contributed by atoms with Crippen LogP contribution in [0.25, 0.3) is 0 Å². The summed E-state index contributed by atoms with van der Waals surface area (Å²) in [6.07, 6.45) is 6.38. The lowest BCUT2D eigenvalue weighted by Gasteiger charge is -2.06. The molecule has 0 bridgehead atoms. The van der Waals surface area contributed by atoms with Gasteiger partial charge in [0.15, 0.2) is 6.29 Å². The van der Waals surface area contributed by atoms with E-state index in [-0.39, 0.29) is 0 Å². The van der Waals surface area contributed by atoms with Crippen LogP contribution in [-0.4, -0.2) is 12.9 Å². The predicted octanol–water partition coefficient (Wildman–Crippen LogP) is 2.66. The van der Waals surface area contributed by atoms with Gasteiger partial charge in [0.1, 0.15) is 5.75 Å². The summed E-state index contributed by atoms with van der Waals surface area (Å²) in [6, 6.07) is 5.26. The van der Waals surface area contributed by atoms with E-state index in [1.807, 2.05) is 6.07 Å². The van der Waals surface area contributed by atoms with Crippen LogP contribution < -0.4 is 4.74 Å². The minimum atomic E-state index is 0.430. The first kappa shape index (κ1) is 10.8. The Hall–Kier alpha value is -1.27. The summed E-state index contributed by atoms with van der Waals surface area (Å²) in [5, 5.41) is 0. The molecule has 0 aliphatic rings. The van der Waals surface area contributed by atoms with E-state index in [0.717, 1.165) is 10.8 Å². The summed E-state index contributed by atoms with van der Waals surface area (Å²) in [4.78, 5) is 10.7. The van der Waals surface area contributed by atoms with Gasteiger partial charge < -0.3 is 4.74 Å². The Kier molecular flexibility index (Phi) is 4.21. The van der Waals surface area contributed by atoms with Gasteiger partial charge >= 0.3 is 0 Å². The molecule has 0 saturated heterocycles. The van der Waals surface area contributed by atoms with Crippen LogP contribution in [-0.2, 0) is 0 Å². The molecule has 14 heavy (non-hydrogen) atoms. The number of halogens is 1. The number of aldehydes is 1. The summed E-state index contributed by atoms with van der Waals surface area (Å²) >= 11 is 3.27. The van der Waals surface area contributed by atoms with Gasteiger partial charge in [0.05, 0.1) is 12.2 Å². The van der Waals surface area contributed by atoms with E-state index >= 15 is 0 Å². The second-order valence-corrected chi connectivity index (χ2v) is 3.52. The lowest BCUT2D eigenvalue weighted by atomic mass is 10.2. The zero-order chi connectivity index (χ0) is 10.4. The van der Waals surface area contributed by atoms with Crippen LogP contribution >= 0.6 is 15.9 Å². The molecule has 0 unspecified atom stereocenters. The molecule has 72 valence electrons. The molecule has 0 amide bonds. The Morgan fingerprint density at radius 1 is 1.57 bits per heavy atom. The fraction of sp³-hybridized carbons (Fsp3) is 0.182. The number of carbonyl (C=O) groups is 1. The Morgan fingerprint density at radius 2 is 2.36 bits per heavy atom. The fourth-order valence-corrected chi connectivity index (χ4v) is 1.34. The van der Waals surface area contributed by atoms with Gasteiger partial charge in [-0.25, -0.2) is 0 Å². The van der Waals surface area contributed by atoms with Crippen LogP contribution in [0.2, 0.25) is 0 Å². The molecule has 0 atom stereocenters. The molecule has 0 saturated carbocycles. The molecule has 1 rings (SSSR count). The minimum absolute atomic E-state index is 0.430. The van der Waals surface area contributed by atoms with E-state index in [0.29, 0.717) is 24.3 Å². The molecule has 0 fully saturated rings. The minimum Gasteiger partial charge on any atom is -0.492 e. The van der Waals surface area contributed by atoms with Crippen molar-refractivity contribution in [2.75, 3.05) is 6.61 Å². The Morgan fingerprint density at radius 3 is 3.00 bits per heavy atom. The van der Waals surface area contributed by atoms with Gasteiger partial charge in [-0.2, -0.15) is 0 Å². The average molecular weight is 253 g/mol. The number of terminal acetylenes is 1. The molecule has 1 aromatic carbocycles. The van der Waals surface area contributed by atoms with E-state index in [2.05, 4.69) is 21.9 Å². The molecule has 0 radical (unpaired) electrons. The Balaban J connectivity index is 2.76. The topological polar surface area (TPSA) is 26.3 Å². The third-order valence-electron chi connectivity index (χ3n) is 1.60. The molecule has 2 nitrogen and oxygen atoms in total. The van der Waals surface area contributed by atoms with Gasteiger partial charge in [0, 0.05) is 10.9 Å². The van der Waals surface area contributed by atoms with Crippen LogP contribution in [0.15, 0.2) is 22.7 Å². The molecule has 1 aromatic rings. The van der Waals surface area contributed by atoms with Crippen molar-refractivity contribution in [2.24, 2.45) is 0 Å². The highest BCUT2D eigenvalue weighted by atomic mass is 79.9. The van der Waals surface area contributed by atoms with Gasteiger partial charge in [0.25, 0.3) is 0 Å². The molecule has 0 aliphatic heterocycles. The van der Waals surface area contributed by atoms with Crippen molar-refractivity contribution >= 4 is 22.2 Å². The summed E-state index contributed by atoms with van der Waals surface area (Å²) in [6.45, 7) is 0.430. The van der Waals surface area contributed by atoms with Gasteiger partial charge in [0.2, 0.25) is 0 Å². The molecule has 0 aromatic heterocycles. The van der Waals surface area contributed by atoms with Crippen LogP contribution in [0, 0.1) is 12.3 Å². The largest absolute Gasteiger partial charge is 0.492 e. The van der Waals surface area contributed by atoms with Crippen LogP contribution in [0.4, 0.5) is 0 Å². The van der Waals surface area contributed by atoms with Crippen molar-refractivity contribution < 1.29 is 9.53 Å². The normalized spacial score (nSPS) is 9.14. The number of rotatable bonds is 4. The van der Waals surface area contributed by atoms with Gasteiger partial charge in [-0.1, -0.05) is 15.9 Å². The van der Waals surface area contributed by atoms with Gasteiger partial charge in [-0.15, -0.1) is 12.3 Å². The first-order valence-corrected chi connectivity index (χ1v) is 4.88. The molecule has 0 heterocycles. The second kappa shape index (κ2) is 5.46. The fourth-order valence-electron chi connectivity index (χ4n) is 0.963. The SMILES string of the molecule is C#CCCOc1ccc(Br)cc1C=O. The van der Waals surface area contributed by atoms with E-state index < -0.39 is 0 Å². The molecule has 0 aliphatic carbocycles. The predicted molar refractivity (Wildman–Crippen MR) is 58.5 cm³/mol. The monoisotopic (exact) mass is 252 g/mol. The quantitative estimate of drug-likeness (QED) is 0.468. The third kappa shape index (κ3) is 2.90. The smallest absolute Gasteiger partial charge is 0.153 e. The van der Waals surface area contributed by atoms with Crippen molar-refractivity contribution in [1.29, 1.82) is 0 Å². The molecular weight excluding hydrogens is 244 g/mol. The van der Waals surface area contributed by atoms with Crippen molar-refractivity contribution in [2.45, 2.75) is 6.42 Å². The lowest BCUT2D eigenvalue weighted by Crippen LogP contribution is -1.98. The summed E-state index contributed by atoms with van der Waals surface area (Å²) in [5.41, 5.74) is 0.524. The summed E-state index contributed by atoms with van der Waals surface area (Å²) in [5.74, 6) is 3.03. The molecular formula is C11H9BrO2. The Bertz CT molecular complexity index is 366. The van der Waals surface area contributed by atoms with E-state index in [9.17, 15) is 4.79 Å². The zero-order valence-corrected chi connectivity index (χ0v) is 9.08. The van der Waals surface area contributed by atoms with E-state index in [4.69, 9.17) is 11.2 Å². The summed E-state index contributed by atoms with van der Waals surface area (Å²) in [7, 11) is 0. The standard InChI is InChI=1S/C11H9BrO2/c1-2-3-6-14-11-5-4-10(12)7-9(11)8-13/h1,4-5,7-8H,3,6H2. The van der Waals surface area contributed by atoms with Crippen molar-refractivity contribution in [3.05, 3.63) is 28.2 Å². The highest BCUT2D eigenvalue weighted by Gasteiger charge is 2.02. The van der Waals surface area contributed by atoms with Crippen LogP contribution in [0.5, 0.6) is 5.75 Å². The van der Waals surface area contributed by atoms with E-state index in [1.165, 1.54) is 0 Å². The maximum Gasteiger partial charge on any atom is 0.153 e.